The quantitative estimate of drug-likeness (QED) is 0.890. The lowest BCUT2D eigenvalue weighted by Crippen LogP contribution is -2.23. The van der Waals surface area contributed by atoms with Crippen molar-refractivity contribution in [2.24, 2.45) is 0 Å². The number of aryl methyl sites for hydroxylation is 2. The number of hydrogen-bond donors (Lipinski definition) is 1. The van der Waals surface area contributed by atoms with E-state index in [1.807, 2.05) is 18.5 Å². The van der Waals surface area contributed by atoms with Gasteiger partial charge in [0.05, 0.1) is 0 Å². The molecule has 3 heteroatoms. The fourth-order valence-corrected chi connectivity index (χ4v) is 2.67. The van der Waals surface area contributed by atoms with Crippen molar-refractivity contribution in [2.45, 2.75) is 33.2 Å². The molecule has 1 atom stereocenters. The molecule has 0 saturated carbocycles. The van der Waals surface area contributed by atoms with Crippen LogP contribution in [0.4, 0.5) is 0 Å². The Morgan fingerprint density at radius 2 is 1.95 bits per heavy atom. The lowest BCUT2D eigenvalue weighted by Gasteiger charge is -2.19. The minimum Gasteiger partial charge on any atom is -0.310 e. The third kappa shape index (κ3) is 3.81. The summed E-state index contributed by atoms with van der Waals surface area (Å²) < 4.78 is 0. The highest BCUT2D eigenvalue weighted by atomic mass is 35.5. The highest BCUT2D eigenvalue weighted by molar-refractivity contribution is 6.31. The number of hydrogen-bond acceptors (Lipinski definition) is 2. The molecular formula is C17H21ClN2. The summed E-state index contributed by atoms with van der Waals surface area (Å²) in [4.78, 5) is 4.29. The van der Waals surface area contributed by atoms with Gasteiger partial charge in [-0.1, -0.05) is 36.7 Å². The molecule has 0 radical (unpaired) electrons. The SMILES string of the molecule is CCNC(Cc1ccc(C)cc1Cl)c1cncc(C)c1. The van der Waals surface area contributed by atoms with E-state index in [0.717, 1.165) is 18.0 Å². The van der Waals surface area contributed by atoms with Gasteiger partial charge in [-0.3, -0.25) is 4.98 Å². The molecule has 1 unspecified atom stereocenters. The zero-order valence-electron chi connectivity index (χ0n) is 12.3. The summed E-state index contributed by atoms with van der Waals surface area (Å²) in [6.45, 7) is 7.16. The third-order valence-corrected chi connectivity index (χ3v) is 3.73. The van der Waals surface area contributed by atoms with E-state index in [9.17, 15) is 0 Å². The average Bonchev–Trinajstić information content (AvgIpc) is 2.41. The molecule has 0 aliphatic carbocycles. The Morgan fingerprint density at radius 3 is 2.60 bits per heavy atom. The van der Waals surface area contributed by atoms with Crippen molar-refractivity contribution >= 4 is 11.6 Å². The van der Waals surface area contributed by atoms with Gasteiger partial charge >= 0.3 is 0 Å². The predicted octanol–water partition coefficient (Wildman–Crippen LogP) is 4.25. The Balaban J connectivity index is 2.25. The number of aromatic nitrogens is 1. The molecule has 0 aliphatic heterocycles. The molecule has 1 aromatic heterocycles. The van der Waals surface area contributed by atoms with E-state index in [1.165, 1.54) is 22.3 Å². The minimum absolute atomic E-state index is 0.243. The normalized spacial score (nSPS) is 12.4. The Morgan fingerprint density at radius 1 is 1.15 bits per heavy atom. The maximum Gasteiger partial charge on any atom is 0.0441 e. The molecular weight excluding hydrogens is 268 g/mol. The molecule has 1 N–H and O–H groups in total. The molecule has 0 saturated heterocycles. The van der Waals surface area contributed by atoms with Gasteiger partial charge in [-0.25, -0.2) is 0 Å². The molecule has 2 rings (SSSR count). The first-order valence-electron chi connectivity index (χ1n) is 7.00. The Bertz CT molecular complexity index is 581. The van der Waals surface area contributed by atoms with Gasteiger partial charge in [0.25, 0.3) is 0 Å². The number of nitrogens with zero attached hydrogens (tertiary/aromatic N) is 1. The monoisotopic (exact) mass is 288 g/mol. The van der Waals surface area contributed by atoms with E-state index in [4.69, 9.17) is 11.6 Å². The van der Waals surface area contributed by atoms with Gasteiger partial charge in [-0.15, -0.1) is 0 Å². The number of rotatable bonds is 5. The maximum absolute atomic E-state index is 6.35. The molecule has 0 amide bonds. The van der Waals surface area contributed by atoms with Crippen LogP contribution in [-0.2, 0) is 6.42 Å². The second-order valence-electron chi connectivity index (χ2n) is 5.20. The first-order valence-corrected chi connectivity index (χ1v) is 7.38. The van der Waals surface area contributed by atoms with Crippen LogP contribution in [0, 0.1) is 13.8 Å². The number of halogens is 1. The Kier molecular flexibility index (Phi) is 5.16. The van der Waals surface area contributed by atoms with E-state index in [2.05, 4.69) is 49.3 Å². The van der Waals surface area contributed by atoms with Gasteiger partial charge in [0, 0.05) is 23.5 Å². The molecule has 106 valence electrons. The molecule has 20 heavy (non-hydrogen) atoms. The fourth-order valence-electron chi connectivity index (χ4n) is 2.36. The van der Waals surface area contributed by atoms with Crippen LogP contribution in [0.2, 0.25) is 5.02 Å². The second kappa shape index (κ2) is 6.87. The van der Waals surface area contributed by atoms with Crippen molar-refractivity contribution in [3.8, 4) is 0 Å². The summed E-state index contributed by atoms with van der Waals surface area (Å²) in [6, 6.07) is 8.67. The molecule has 1 aromatic carbocycles. The highest BCUT2D eigenvalue weighted by Crippen LogP contribution is 2.24. The lowest BCUT2D eigenvalue weighted by molar-refractivity contribution is 0.548. The number of likely N-dealkylation sites (N-methyl/N-ethyl adjacent to an activating group) is 1. The van der Waals surface area contributed by atoms with Crippen LogP contribution in [0.5, 0.6) is 0 Å². The summed E-state index contributed by atoms with van der Waals surface area (Å²) in [5, 5.41) is 4.36. The van der Waals surface area contributed by atoms with Crippen LogP contribution in [0.15, 0.2) is 36.7 Å². The lowest BCUT2D eigenvalue weighted by atomic mass is 9.98. The largest absolute Gasteiger partial charge is 0.310 e. The first kappa shape index (κ1) is 15.0. The highest BCUT2D eigenvalue weighted by Gasteiger charge is 2.13. The maximum atomic E-state index is 6.35. The number of pyridine rings is 1. The molecule has 2 nitrogen and oxygen atoms in total. The van der Waals surface area contributed by atoms with Gasteiger partial charge in [0.2, 0.25) is 0 Å². The standard InChI is InChI=1S/C17H21ClN2/c1-4-20-17(15-7-13(3)10-19-11-15)9-14-6-5-12(2)8-16(14)18/h5-8,10-11,17,20H,4,9H2,1-3H3. The smallest absolute Gasteiger partial charge is 0.0441 e. The van der Waals surface area contributed by atoms with Crippen molar-refractivity contribution in [1.82, 2.24) is 10.3 Å². The van der Waals surface area contributed by atoms with Crippen molar-refractivity contribution in [2.75, 3.05) is 6.54 Å². The predicted molar refractivity (Wildman–Crippen MR) is 85.3 cm³/mol. The van der Waals surface area contributed by atoms with E-state index in [1.54, 1.807) is 0 Å². The molecule has 1 heterocycles. The molecule has 0 spiro atoms. The topological polar surface area (TPSA) is 24.9 Å². The van der Waals surface area contributed by atoms with E-state index in [0.29, 0.717) is 0 Å². The van der Waals surface area contributed by atoms with Crippen molar-refractivity contribution in [3.63, 3.8) is 0 Å². The average molecular weight is 289 g/mol. The van der Waals surface area contributed by atoms with Crippen LogP contribution >= 0.6 is 11.6 Å². The Labute approximate surface area is 126 Å². The third-order valence-electron chi connectivity index (χ3n) is 3.38. The van der Waals surface area contributed by atoms with E-state index in [-0.39, 0.29) is 6.04 Å². The Hall–Kier alpha value is -1.38. The summed E-state index contributed by atoms with van der Waals surface area (Å²) in [5.41, 5.74) is 4.75. The fraction of sp³-hybridized carbons (Fsp3) is 0.353. The van der Waals surface area contributed by atoms with Gasteiger partial charge < -0.3 is 5.32 Å². The number of nitrogens with one attached hydrogen (secondary N) is 1. The number of benzene rings is 1. The van der Waals surface area contributed by atoms with Crippen LogP contribution in [0.1, 0.15) is 35.2 Å². The van der Waals surface area contributed by atoms with Gasteiger partial charge in [-0.2, -0.15) is 0 Å². The summed E-state index contributed by atoms with van der Waals surface area (Å²) in [6.07, 6.45) is 4.69. The zero-order valence-corrected chi connectivity index (χ0v) is 13.0. The van der Waals surface area contributed by atoms with E-state index < -0.39 is 0 Å². The van der Waals surface area contributed by atoms with Gasteiger partial charge in [0.15, 0.2) is 0 Å². The van der Waals surface area contributed by atoms with Crippen molar-refractivity contribution < 1.29 is 0 Å². The first-order chi connectivity index (χ1) is 9.60. The van der Waals surface area contributed by atoms with Crippen LogP contribution in [-0.4, -0.2) is 11.5 Å². The van der Waals surface area contributed by atoms with Gasteiger partial charge in [0.1, 0.15) is 0 Å². The van der Waals surface area contributed by atoms with Crippen LogP contribution in [0.3, 0.4) is 0 Å². The minimum atomic E-state index is 0.243. The molecule has 0 aliphatic rings. The van der Waals surface area contributed by atoms with Crippen LogP contribution in [0.25, 0.3) is 0 Å². The van der Waals surface area contributed by atoms with Crippen LogP contribution < -0.4 is 5.32 Å². The summed E-state index contributed by atoms with van der Waals surface area (Å²) >= 11 is 6.35. The van der Waals surface area contributed by atoms with Crippen molar-refractivity contribution in [1.29, 1.82) is 0 Å². The summed E-state index contributed by atoms with van der Waals surface area (Å²) in [7, 11) is 0. The summed E-state index contributed by atoms with van der Waals surface area (Å²) in [5.74, 6) is 0. The molecule has 2 aromatic rings. The van der Waals surface area contributed by atoms with Crippen molar-refractivity contribution in [3.05, 3.63) is 63.9 Å². The zero-order chi connectivity index (χ0) is 14.5. The second-order valence-corrected chi connectivity index (χ2v) is 5.61. The molecule has 0 bridgehead atoms. The van der Waals surface area contributed by atoms with Gasteiger partial charge in [-0.05, 0) is 55.1 Å². The molecule has 0 fully saturated rings. The van der Waals surface area contributed by atoms with E-state index >= 15 is 0 Å².